The first kappa shape index (κ1) is 25.4. The van der Waals surface area contributed by atoms with Crippen LogP contribution in [0, 0.1) is 34.5 Å². The zero-order valence-corrected chi connectivity index (χ0v) is 21.4. The number of hydrogen-bond acceptors (Lipinski definition) is 5. The number of aliphatic hydroxyl groups excluding tert-OH is 1. The Hall–Kier alpha value is -0.720. The number of fused-ring (bicyclic) bond motifs is 5. The van der Waals surface area contributed by atoms with Crippen LogP contribution in [0.1, 0.15) is 86.5 Å². The van der Waals surface area contributed by atoms with E-state index in [1.165, 1.54) is 6.08 Å². The highest BCUT2D eigenvalue weighted by Gasteiger charge is 2.80. The maximum atomic E-state index is 12.3. The van der Waals surface area contributed by atoms with Crippen molar-refractivity contribution < 1.29 is 25.5 Å². The van der Waals surface area contributed by atoms with Crippen LogP contribution >= 0.6 is 0 Å². The lowest BCUT2D eigenvalue weighted by molar-refractivity contribution is -0.345. The fourth-order valence-electron chi connectivity index (χ4n) is 8.22. The van der Waals surface area contributed by atoms with Crippen LogP contribution in [0.5, 0.6) is 0 Å². The molecule has 0 amide bonds. The average Bonchev–Trinajstić information content (AvgIpc) is 3.02. The van der Waals surface area contributed by atoms with Gasteiger partial charge in [-0.3, -0.25) is 0 Å². The van der Waals surface area contributed by atoms with Crippen molar-refractivity contribution in [3.05, 3.63) is 24.3 Å². The van der Waals surface area contributed by atoms with Gasteiger partial charge in [-0.1, -0.05) is 59.8 Å². The minimum absolute atomic E-state index is 0.132. The zero-order chi connectivity index (χ0) is 24.7. The van der Waals surface area contributed by atoms with Crippen LogP contribution in [0.3, 0.4) is 0 Å². The Bertz CT molecular complexity index is 838. The summed E-state index contributed by atoms with van der Waals surface area (Å²) < 4.78 is 0. The van der Waals surface area contributed by atoms with Crippen molar-refractivity contribution in [2.75, 3.05) is 0 Å². The molecule has 4 aliphatic rings. The second-order valence-electron chi connectivity index (χ2n) is 12.9. The van der Waals surface area contributed by atoms with Gasteiger partial charge in [0, 0.05) is 17.3 Å². The van der Waals surface area contributed by atoms with Gasteiger partial charge in [-0.05, 0) is 68.3 Å². The summed E-state index contributed by atoms with van der Waals surface area (Å²) in [5.74, 6) is 1.46. The third-order valence-electron chi connectivity index (χ3n) is 11.2. The van der Waals surface area contributed by atoms with E-state index in [-0.39, 0.29) is 18.3 Å². The minimum Gasteiger partial charge on any atom is -0.393 e. The van der Waals surface area contributed by atoms with Crippen LogP contribution in [0.2, 0.25) is 0 Å². The molecule has 5 N–H and O–H groups in total. The molecule has 0 spiro atoms. The molecular weight excluding hydrogens is 416 g/mol. The Morgan fingerprint density at radius 3 is 2.12 bits per heavy atom. The van der Waals surface area contributed by atoms with Crippen molar-refractivity contribution in [3.63, 3.8) is 0 Å². The summed E-state index contributed by atoms with van der Waals surface area (Å²) in [5.41, 5.74) is -8.09. The molecule has 10 atom stereocenters. The van der Waals surface area contributed by atoms with E-state index in [0.29, 0.717) is 43.9 Å². The summed E-state index contributed by atoms with van der Waals surface area (Å²) in [4.78, 5) is 0. The predicted molar refractivity (Wildman–Crippen MR) is 129 cm³/mol. The molecule has 0 bridgehead atoms. The number of rotatable bonds is 4. The predicted octanol–water partition coefficient (Wildman–Crippen LogP) is 3.73. The number of hydrogen-bond donors (Lipinski definition) is 5. The van der Waals surface area contributed by atoms with Crippen molar-refractivity contribution in [2.45, 2.75) is 115 Å². The van der Waals surface area contributed by atoms with Crippen LogP contribution < -0.4 is 0 Å². The lowest BCUT2D eigenvalue weighted by Gasteiger charge is -2.70. The van der Waals surface area contributed by atoms with Gasteiger partial charge in [-0.2, -0.15) is 0 Å². The largest absolute Gasteiger partial charge is 0.393 e. The summed E-state index contributed by atoms with van der Waals surface area (Å²) in [6, 6.07) is 0. The Balaban J connectivity index is 1.74. The van der Waals surface area contributed by atoms with Crippen LogP contribution in [-0.2, 0) is 0 Å². The number of aliphatic hydroxyl groups is 5. The lowest BCUT2D eigenvalue weighted by atomic mass is 9.40. The van der Waals surface area contributed by atoms with Crippen LogP contribution in [0.4, 0.5) is 0 Å². The SMILES string of the molecule is CC(C)C(C)/C=C/C(C)C1CCC2(O)C1(C)CCC1(O)C2(O)C=CC2(O)CC(O)CCC21C. The van der Waals surface area contributed by atoms with Crippen LogP contribution in [0.25, 0.3) is 0 Å². The molecule has 10 unspecified atom stereocenters. The van der Waals surface area contributed by atoms with E-state index < -0.39 is 39.3 Å². The van der Waals surface area contributed by atoms with Crippen molar-refractivity contribution in [1.29, 1.82) is 0 Å². The smallest absolute Gasteiger partial charge is 0.141 e. The standard InChI is InChI=1S/C28H46O5/c1-18(2)19(3)7-8-20(4)22-10-12-26(31)23(22,5)13-15-27(32)24(6)11-9-21(29)17-25(24,30)14-16-28(26,27)33/h7-8,14,16,18-22,29-33H,9-13,15,17H2,1-6H3/b8-7+. The first-order valence-corrected chi connectivity index (χ1v) is 13.1. The summed E-state index contributed by atoms with van der Waals surface area (Å²) in [6.45, 7) is 12.8. The van der Waals surface area contributed by atoms with E-state index in [1.54, 1.807) is 6.08 Å². The van der Waals surface area contributed by atoms with E-state index in [9.17, 15) is 25.5 Å². The van der Waals surface area contributed by atoms with E-state index in [1.807, 2.05) is 6.92 Å². The highest BCUT2D eigenvalue weighted by molar-refractivity contribution is 5.41. The molecule has 0 heterocycles. The van der Waals surface area contributed by atoms with E-state index in [2.05, 4.69) is 46.8 Å². The average molecular weight is 463 g/mol. The van der Waals surface area contributed by atoms with Crippen molar-refractivity contribution in [2.24, 2.45) is 34.5 Å². The number of allylic oxidation sites excluding steroid dienone is 2. The van der Waals surface area contributed by atoms with Crippen molar-refractivity contribution in [3.8, 4) is 0 Å². The highest BCUT2D eigenvalue weighted by atomic mass is 16.4. The third kappa shape index (κ3) is 3.02. The minimum atomic E-state index is -1.86. The molecule has 188 valence electrons. The molecule has 3 saturated carbocycles. The second-order valence-corrected chi connectivity index (χ2v) is 12.9. The molecule has 0 saturated heterocycles. The quantitative estimate of drug-likeness (QED) is 0.410. The van der Waals surface area contributed by atoms with E-state index in [0.717, 1.165) is 6.42 Å². The zero-order valence-electron chi connectivity index (χ0n) is 21.4. The van der Waals surface area contributed by atoms with Crippen molar-refractivity contribution in [1.82, 2.24) is 0 Å². The summed E-state index contributed by atoms with van der Waals surface area (Å²) >= 11 is 0. The van der Waals surface area contributed by atoms with Crippen molar-refractivity contribution >= 4 is 0 Å². The fraction of sp³-hybridized carbons (Fsp3) is 0.857. The summed E-state index contributed by atoms with van der Waals surface area (Å²) in [5, 5.41) is 58.5. The molecule has 0 aromatic heterocycles. The van der Waals surface area contributed by atoms with Gasteiger partial charge in [-0.15, -0.1) is 0 Å². The van der Waals surface area contributed by atoms with Crippen LogP contribution in [-0.4, -0.2) is 54.0 Å². The van der Waals surface area contributed by atoms with Gasteiger partial charge in [0.05, 0.1) is 11.7 Å². The molecule has 0 aliphatic heterocycles. The molecule has 4 aliphatic carbocycles. The molecule has 0 aromatic carbocycles. The molecule has 33 heavy (non-hydrogen) atoms. The lowest BCUT2D eigenvalue weighted by Crippen LogP contribution is -2.83. The summed E-state index contributed by atoms with van der Waals surface area (Å²) in [6.07, 6.45) is 9.99. The molecule has 5 heteroatoms. The van der Waals surface area contributed by atoms with E-state index >= 15 is 0 Å². The highest BCUT2D eigenvalue weighted by Crippen LogP contribution is 2.71. The maximum absolute atomic E-state index is 12.3. The monoisotopic (exact) mass is 462 g/mol. The Kier molecular flexibility index (Phi) is 5.87. The Labute approximate surface area is 199 Å². The summed E-state index contributed by atoms with van der Waals surface area (Å²) in [7, 11) is 0. The second kappa shape index (κ2) is 7.64. The van der Waals surface area contributed by atoms with Gasteiger partial charge in [-0.25, -0.2) is 0 Å². The van der Waals surface area contributed by atoms with Gasteiger partial charge >= 0.3 is 0 Å². The maximum Gasteiger partial charge on any atom is 0.141 e. The van der Waals surface area contributed by atoms with Gasteiger partial charge < -0.3 is 25.5 Å². The molecule has 0 radical (unpaired) electrons. The van der Waals surface area contributed by atoms with Gasteiger partial charge in [0.2, 0.25) is 0 Å². The molecular formula is C28H46O5. The molecule has 4 rings (SSSR count). The Morgan fingerprint density at radius 2 is 1.48 bits per heavy atom. The first-order valence-electron chi connectivity index (χ1n) is 13.1. The van der Waals surface area contributed by atoms with Gasteiger partial charge in [0.25, 0.3) is 0 Å². The third-order valence-corrected chi connectivity index (χ3v) is 11.2. The molecule has 3 fully saturated rings. The van der Waals surface area contributed by atoms with E-state index in [4.69, 9.17) is 0 Å². The topological polar surface area (TPSA) is 101 Å². The normalized spacial score (nSPS) is 53.6. The Morgan fingerprint density at radius 1 is 0.818 bits per heavy atom. The fourth-order valence-corrected chi connectivity index (χ4v) is 8.22. The van der Waals surface area contributed by atoms with Crippen LogP contribution in [0.15, 0.2) is 24.3 Å². The van der Waals surface area contributed by atoms with Gasteiger partial charge in [0.15, 0.2) is 0 Å². The molecule has 5 nitrogen and oxygen atoms in total. The first-order chi connectivity index (χ1) is 15.1. The molecule has 0 aromatic rings. The van der Waals surface area contributed by atoms with Gasteiger partial charge in [0.1, 0.15) is 16.8 Å².